The van der Waals surface area contributed by atoms with Gasteiger partial charge in [0.2, 0.25) is 5.91 Å². The maximum atomic E-state index is 12.1. The fourth-order valence-electron chi connectivity index (χ4n) is 1.93. The van der Waals surface area contributed by atoms with Crippen LogP contribution in [0.3, 0.4) is 0 Å². The topological polar surface area (TPSA) is 75.6 Å². The van der Waals surface area contributed by atoms with E-state index in [0.29, 0.717) is 12.0 Å². The molecular weight excluding hydrogens is 315 g/mol. The fourth-order valence-corrected chi connectivity index (χ4v) is 1.93. The molecule has 5 nitrogen and oxygen atoms in total. The Bertz CT molecular complexity index is 529. The van der Waals surface area contributed by atoms with Gasteiger partial charge in [-0.2, -0.15) is 0 Å². The molecule has 1 aromatic carbocycles. The molecule has 0 saturated heterocycles. The normalized spacial score (nSPS) is 12.5. The number of ether oxygens (including phenoxy) is 1. The lowest BCUT2D eigenvalue weighted by Crippen LogP contribution is -2.30. The van der Waals surface area contributed by atoms with Gasteiger partial charge in [0.05, 0.1) is 12.5 Å². The van der Waals surface area contributed by atoms with Crippen molar-refractivity contribution in [1.29, 1.82) is 0 Å². The minimum atomic E-state index is -4.80. The molecule has 1 aromatic rings. The molecular formula is C15H18F3NO4. The van der Waals surface area contributed by atoms with Gasteiger partial charge in [0, 0.05) is 6.42 Å². The van der Waals surface area contributed by atoms with Crippen LogP contribution < -0.4 is 10.1 Å². The maximum absolute atomic E-state index is 12.1. The van der Waals surface area contributed by atoms with Gasteiger partial charge in [-0.1, -0.05) is 25.5 Å². The molecule has 1 rings (SSSR count). The molecule has 128 valence electrons. The molecule has 0 bridgehead atoms. The van der Waals surface area contributed by atoms with Crippen molar-refractivity contribution >= 4 is 11.9 Å². The summed E-state index contributed by atoms with van der Waals surface area (Å²) in [6, 6.07) is 3.95. The molecule has 0 spiro atoms. The van der Waals surface area contributed by atoms with Crippen molar-refractivity contribution in [3.05, 3.63) is 29.8 Å². The summed E-state index contributed by atoms with van der Waals surface area (Å²) in [5.41, 5.74) is 0.395. The van der Waals surface area contributed by atoms with Gasteiger partial charge in [0.25, 0.3) is 0 Å². The molecule has 1 unspecified atom stereocenters. The van der Waals surface area contributed by atoms with Crippen molar-refractivity contribution < 1.29 is 32.6 Å². The second-order valence-corrected chi connectivity index (χ2v) is 4.94. The SMILES string of the molecule is CCCCC(=O)NC(CC(=O)O)c1ccc(OC(F)(F)F)cc1. The van der Waals surface area contributed by atoms with Crippen LogP contribution >= 0.6 is 0 Å². The number of nitrogens with one attached hydrogen (secondary N) is 1. The zero-order valence-corrected chi connectivity index (χ0v) is 12.5. The van der Waals surface area contributed by atoms with Crippen molar-refractivity contribution in [3.63, 3.8) is 0 Å². The lowest BCUT2D eigenvalue weighted by molar-refractivity contribution is -0.274. The Kier molecular flexibility index (Phi) is 6.87. The lowest BCUT2D eigenvalue weighted by atomic mass is 10.0. The smallest absolute Gasteiger partial charge is 0.481 e. The van der Waals surface area contributed by atoms with E-state index in [9.17, 15) is 22.8 Å². The number of carbonyl (C=O) groups excluding carboxylic acids is 1. The van der Waals surface area contributed by atoms with Crippen LogP contribution in [0.1, 0.15) is 44.2 Å². The van der Waals surface area contributed by atoms with Gasteiger partial charge in [-0.05, 0) is 24.1 Å². The Hall–Kier alpha value is -2.25. The molecule has 8 heteroatoms. The monoisotopic (exact) mass is 333 g/mol. The first kappa shape index (κ1) is 18.8. The molecule has 0 radical (unpaired) electrons. The number of amides is 1. The van der Waals surface area contributed by atoms with Gasteiger partial charge >= 0.3 is 12.3 Å². The van der Waals surface area contributed by atoms with Crippen molar-refractivity contribution in [2.45, 2.75) is 45.0 Å². The number of carboxylic acid groups (broad SMARTS) is 1. The van der Waals surface area contributed by atoms with Crippen molar-refractivity contribution in [3.8, 4) is 5.75 Å². The Balaban J connectivity index is 2.81. The molecule has 1 atom stereocenters. The quantitative estimate of drug-likeness (QED) is 0.764. The first-order valence-electron chi connectivity index (χ1n) is 7.08. The number of rotatable bonds is 8. The van der Waals surface area contributed by atoms with Crippen LogP contribution in [0.5, 0.6) is 5.75 Å². The van der Waals surface area contributed by atoms with Crippen molar-refractivity contribution in [2.75, 3.05) is 0 Å². The predicted octanol–water partition coefficient (Wildman–Crippen LogP) is 3.41. The standard InChI is InChI=1S/C15H18F3NO4/c1-2-3-4-13(20)19-12(9-14(21)22)10-5-7-11(8-6-10)23-15(16,17)18/h5-8,12H,2-4,9H2,1H3,(H,19,20)(H,21,22). The summed E-state index contributed by atoms with van der Waals surface area (Å²) in [6.45, 7) is 1.92. The average molecular weight is 333 g/mol. The Morgan fingerprint density at radius 2 is 1.87 bits per heavy atom. The van der Waals surface area contributed by atoms with E-state index in [1.807, 2.05) is 6.92 Å². The highest BCUT2D eigenvalue weighted by Crippen LogP contribution is 2.25. The molecule has 0 aromatic heterocycles. The number of aliphatic carboxylic acids is 1. The second-order valence-electron chi connectivity index (χ2n) is 4.94. The number of carboxylic acids is 1. The van der Waals surface area contributed by atoms with Crippen LogP contribution in [0.4, 0.5) is 13.2 Å². The summed E-state index contributed by atoms with van der Waals surface area (Å²) in [7, 11) is 0. The molecule has 0 aliphatic heterocycles. The van der Waals surface area contributed by atoms with Gasteiger partial charge in [-0.25, -0.2) is 0 Å². The van der Waals surface area contributed by atoms with Gasteiger partial charge < -0.3 is 15.2 Å². The van der Waals surface area contributed by atoms with Crippen LogP contribution in [0.15, 0.2) is 24.3 Å². The summed E-state index contributed by atoms with van der Waals surface area (Å²) in [5.74, 6) is -1.83. The molecule has 0 fully saturated rings. The van der Waals surface area contributed by atoms with Gasteiger partial charge in [0.1, 0.15) is 5.75 Å². The molecule has 23 heavy (non-hydrogen) atoms. The summed E-state index contributed by atoms with van der Waals surface area (Å²) >= 11 is 0. The summed E-state index contributed by atoms with van der Waals surface area (Å²) in [4.78, 5) is 22.7. The Morgan fingerprint density at radius 3 is 2.35 bits per heavy atom. The van der Waals surface area contributed by atoms with E-state index in [-0.39, 0.29) is 18.7 Å². The molecule has 0 aliphatic rings. The van der Waals surface area contributed by atoms with Crippen LogP contribution in [-0.2, 0) is 9.59 Å². The fraction of sp³-hybridized carbons (Fsp3) is 0.467. The molecule has 2 N–H and O–H groups in total. The number of benzene rings is 1. The minimum Gasteiger partial charge on any atom is -0.481 e. The largest absolute Gasteiger partial charge is 0.573 e. The van der Waals surface area contributed by atoms with E-state index in [1.54, 1.807) is 0 Å². The van der Waals surface area contributed by atoms with E-state index in [1.165, 1.54) is 12.1 Å². The van der Waals surface area contributed by atoms with E-state index < -0.39 is 24.1 Å². The number of hydrogen-bond donors (Lipinski definition) is 2. The second kappa shape index (κ2) is 8.40. The van der Waals surface area contributed by atoms with E-state index in [2.05, 4.69) is 10.1 Å². The highest BCUT2D eigenvalue weighted by molar-refractivity contribution is 5.77. The van der Waals surface area contributed by atoms with E-state index in [0.717, 1.165) is 18.6 Å². The molecule has 0 heterocycles. The first-order valence-corrected chi connectivity index (χ1v) is 7.08. The predicted molar refractivity (Wildman–Crippen MR) is 75.8 cm³/mol. The van der Waals surface area contributed by atoms with Gasteiger partial charge in [-0.15, -0.1) is 13.2 Å². The number of hydrogen-bond acceptors (Lipinski definition) is 3. The van der Waals surface area contributed by atoms with Crippen LogP contribution in [0, 0.1) is 0 Å². The van der Waals surface area contributed by atoms with Crippen LogP contribution in [0.25, 0.3) is 0 Å². The van der Waals surface area contributed by atoms with Crippen molar-refractivity contribution in [1.82, 2.24) is 5.32 Å². The van der Waals surface area contributed by atoms with Crippen LogP contribution in [0.2, 0.25) is 0 Å². The van der Waals surface area contributed by atoms with Crippen LogP contribution in [-0.4, -0.2) is 23.3 Å². The highest BCUT2D eigenvalue weighted by atomic mass is 19.4. The van der Waals surface area contributed by atoms with Gasteiger partial charge in [0.15, 0.2) is 0 Å². The minimum absolute atomic E-state index is 0.266. The van der Waals surface area contributed by atoms with E-state index in [4.69, 9.17) is 5.11 Å². The summed E-state index contributed by atoms with van der Waals surface area (Å²) < 4.78 is 40.1. The third-order valence-corrected chi connectivity index (χ3v) is 2.99. The summed E-state index contributed by atoms with van der Waals surface area (Å²) in [5, 5.41) is 11.5. The molecule has 0 aliphatic carbocycles. The van der Waals surface area contributed by atoms with Crippen molar-refractivity contribution in [2.24, 2.45) is 0 Å². The molecule has 1 amide bonds. The summed E-state index contributed by atoms with van der Waals surface area (Å²) in [6.07, 6.45) is -3.40. The Morgan fingerprint density at radius 1 is 1.26 bits per heavy atom. The number of unbranched alkanes of at least 4 members (excludes halogenated alkanes) is 1. The molecule has 0 saturated carbocycles. The maximum Gasteiger partial charge on any atom is 0.573 e. The van der Waals surface area contributed by atoms with E-state index >= 15 is 0 Å². The zero-order valence-electron chi connectivity index (χ0n) is 12.5. The number of alkyl halides is 3. The Labute approximate surface area is 131 Å². The third-order valence-electron chi connectivity index (χ3n) is 2.99. The lowest BCUT2D eigenvalue weighted by Gasteiger charge is -2.18. The third kappa shape index (κ3) is 7.53. The number of carbonyl (C=O) groups is 2. The highest BCUT2D eigenvalue weighted by Gasteiger charge is 2.31. The zero-order chi connectivity index (χ0) is 17.5. The number of halogens is 3. The average Bonchev–Trinajstić information content (AvgIpc) is 2.43. The van der Waals surface area contributed by atoms with Gasteiger partial charge in [-0.3, -0.25) is 9.59 Å². The first-order chi connectivity index (χ1) is 10.7.